The summed E-state index contributed by atoms with van der Waals surface area (Å²) in [5.41, 5.74) is 1.90. The highest BCUT2D eigenvalue weighted by Crippen LogP contribution is 2.28. The number of hydrogen-bond donors (Lipinski definition) is 2. The third kappa shape index (κ3) is 27.4. The van der Waals surface area contributed by atoms with Crippen molar-refractivity contribution in [1.29, 1.82) is 0 Å². The highest BCUT2D eigenvalue weighted by Gasteiger charge is 2.14. The molecule has 0 amide bonds. The maximum absolute atomic E-state index is 4.27. The molecule has 2 N–H and O–H groups in total. The number of rotatable bonds is 14. The van der Waals surface area contributed by atoms with Gasteiger partial charge in [0, 0.05) is 19.6 Å². The normalized spacial score (nSPS) is 11.9. The van der Waals surface area contributed by atoms with Crippen LogP contribution >= 0.6 is 0 Å². The van der Waals surface area contributed by atoms with E-state index in [0.717, 1.165) is 38.5 Å². The molecule has 168 valence electrons. The molecule has 2 nitrogen and oxygen atoms in total. The van der Waals surface area contributed by atoms with Crippen LogP contribution in [0.3, 0.4) is 0 Å². The predicted octanol–water partition coefficient (Wildman–Crippen LogP) is 7.54. The summed E-state index contributed by atoms with van der Waals surface area (Å²) in [6.45, 7) is 29.4. The van der Waals surface area contributed by atoms with Crippen molar-refractivity contribution >= 4 is 0 Å². The van der Waals surface area contributed by atoms with Crippen LogP contribution in [0.2, 0.25) is 0 Å². The summed E-state index contributed by atoms with van der Waals surface area (Å²) < 4.78 is 0. The molecule has 0 spiro atoms. The second kappa shape index (κ2) is 24.2. The van der Waals surface area contributed by atoms with Gasteiger partial charge >= 0.3 is 0 Å². The Kier molecular flexibility index (Phi) is 27.5. The van der Waals surface area contributed by atoms with Gasteiger partial charge in [-0.2, -0.15) is 0 Å². The van der Waals surface area contributed by atoms with Gasteiger partial charge in [-0.3, -0.25) is 0 Å². The van der Waals surface area contributed by atoms with E-state index in [1.807, 2.05) is 19.9 Å². The Bertz CT molecular complexity index is 350. The Morgan fingerprint density at radius 2 is 1.64 bits per heavy atom. The van der Waals surface area contributed by atoms with Gasteiger partial charge in [0.1, 0.15) is 0 Å². The Hall–Kier alpha value is -0.860. The molecule has 0 radical (unpaired) electrons. The zero-order chi connectivity index (χ0) is 22.3. The van der Waals surface area contributed by atoms with Gasteiger partial charge in [-0.15, -0.1) is 6.58 Å². The first-order valence-corrected chi connectivity index (χ1v) is 11.6. The van der Waals surface area contributed by atoms with Gasteiger partial charge in [-0.05, 0) is 50.5 Å². The molecule has 0 saturated carbocycles. The van der Waals surface area contributed by atoms with Gasteiger partial charge < -0.3 is 10.6 Å². The Morgan fingerprint density at radius 1 is 1.04 bits per heavy atom. The van der Waals surface area contributed by atoms with Gasteiger partial charge in [0.15, 0.2) is 0 Å². The molecule has 0 aromatic heterocycles. The molecule has 0 heterocycles. The fourth-order valence-corrected chi connectivity index (χ4v) is 2.77. The van der Waals surface area contributed by atoms with Crippen LogP contribution in [0.5, 0.6) is 0 Å². The molecule has 0 saturated heterocycles. The standard InChI is InChI=1S/C17H32.C7H16N2.C2H6/c1-7-9-12-15(3)16(11-8-2)13-10-14-17(4,5)6;1-3-5-9-7-6-8-4-2;1-2/h7,9,16H,3,8,10-14H2,1-2,4-6H3;3,8-9H,1,4-7H2,2H3;1-2H3. The van der Waals surface area contributed by atoms with E-state index >= 15 is 0 Å². The molecule has 1 unspecified atom stereocenters. The zero-order valence-electron chi connectivity index (χ0n) is 20.8. The number of allylic oxidation sites excluding steroid dienone is 3. The first kappa shape index (κ1) is 31.8. The molecule has 0 aromatic carbocycles. The minimum atomic E-state index is 0.474. The summed E-state index contributed by atoms with van der Waals surface area (Å²) in [6.07, 6.45) is 13.9. The van der Waals surface area contributed by atoms with Crippen molar-refractivity contribution in [2.75, 3.05) is 26.2 Å². The van der Waals surface area contributed by atoms with Crippen molar-refractivity contribution in [3.8, 4) is 0 Å². The van der Waals surface area contributed by atoms with Crippen molar-refractivity contribution in [2.24, 2.45) is 11.3 Å². The number of likely N-dealkylation sites (N-methyl/N-ethyl adjacent to an activating group) is 1. The summed E-state index contributed by atoms with van der Waals surface area (Å²) in [5.74, 6) is 0.735. The number of nitrogens with one attached hydrogen (secondary N) is 2. The van der Waals surface area contributed by atoms with E-state index in [0.29, 0.717) is 5.41 Å². The lowest BCUT2D eigenvalue weighted by Crippen LogP contribution is -2.26. The van der Waals surface area contributed by atoms with Crippen molar-refractivity contribution in [3.63, 3.8) is 0 Å². The molecule has 1 atom stereocenters. The molecule has 0 rings (SSSR count). The van der Waals surface area contributed by atoms with Crippen molar-refractivity contribution in [2.45, 2.75) is 93.9 Å². The zero-order valence-corrected chi connectivity index (χ0v) is 20.8. The average Bonchev–Trinajstić information content (AvgIpc) is 2.66. The quantitative estimate of drug-likeness (QED) is 0.235. The monoisotopic (exact) mass is 394 g/mol. The molecule has 0 bridgehead atoms. The predicted molar refractivity (Wildman–Crippen MR) is 133 cm³/mol. The van der Waals surface area contributed by atoms with Crippen LogP contribution in [0.1, 0.15) is 93.9 Å². The highest BCUT2D eigenvalue weighted by atomic mass is 14.9. The van der Waals surface area contributed by atoms with Crippen LogP contribution in [0, 0.1) is 11.3 Å². The van der Waals surface area contributed by atoms with E-state index in [4.69, 9.17) is 0 Å². The minimum absolute atomic E-state index is 0.474. The Morgan fingerprint density at radius 3 is 2.11 bits per heavy atom. The fraction of sp³-hybridized carbons (Fsp3) is 0.769. The van der Waals surface area contributed by atoms with E-state index in [-0.39, 0.29) is 0 Å². The minimum Gasteiger partial charge on any atom is -0.316 e. The summed E-state index contributed by atoms with van der Waals surface area (Å²) in [7, 11) is 0. The fourth-order valence-electron chi connectivity index (χ4n) is 2.77. The van der Waals surface area contributed by atoms with Crippen LogP contribution in [0.4, 0.5) is 0 Å². The number of hydrogen-bond acceptors (Lipinski definition) is 2. The molecule has 28 heavy (non-hydrogen) atoms. The first-order valence-electron chi connectivity index (χ1n) is 11.6. The van der Waals surface area contributed by atoms with E-state index in [1.165, 1.54) is 37.7 Å². The summed E-state index contributed by atoms with van der Waals surface area (Å²) in [6, 6.07) is 0. The van der Waals surface area contributed by atoms with Crippen LogP contribution in [-0.4, -0.2) is 26.2 Å². The van der Waals surface area contributed by atoms with Crippen LogP contribution in [0.25, 0.3) is 0 Å². The van der Waals surface area contributed by atoms with Gasteiger partial charge in [0.05, 0.1) is 0 Å². The van der Waals surface area contributed by atoms with Crippen molar-refractivity contribution in [3.05, 3.63) is 37.0 Å². The third-order valence-electron chi connectivity index (χ3n) is 4.33. The molecule has 0 aliphatic heterocycles. The molecular weight excluding hydrogens is 340 g/mol. The van der Waals surface area contributed by atoms with Gasteiger partial charge in [-0.1, -0.05) is 91.7 Å². The topological polar surface area (TPSA) is 24.1 Å². The van der Waals surface area contributed by atoms with Gasteiger partial charge in [0.2, 0.25) is 0 Å². The SMILES string of the molecule is C=C(CC=CC)C(CCC)CCCC(C)(C)C.C=CCNCCNCC.CC. The average molecular weight is 395 g/mol. The van der Waals surface area contributed by atoms with Crippen molar-refractivity contribution < 1.29 is 0 Å². The van der Waals surface area contributed by atoms with Crippen LogP contribution in [0.15, 0.2) is 37.0 Å². The van der Waals surface area contributed by atoms with Gasteiger partial charge in [-0.25, -0.2) is 0 Å². The lowest BCUT2D eigenvalue weighted by molar-refractivity contribution is 0.341. The lowest BCUT2D eigenvalue weighted by atomic mass is 9.84. The van der Waals surface area contributed by atoms with Crippen LogP contribution in [-0.2, 0) is 0 Å². The maximum Gasteiger partial charge on any atom is 0.0132 e. The van der Waals surface area contributed by atoms with E-state index in [2.05, 4.69) is 77.5 Å². The second-order valence-corrected chi connectivity index (χ2v) is 8.22. The van der Waals surface area contributed by atoms with E-state index < -0.39 is 0 Å². The van der Waals surface area contributed by atoms with Gasteiger partial charge in [0.25, 0.3) is 0 Å². The lowest BCUT2D eigenvalue weighted by Gasteiger charge is -2.22. The summed E-state index contributed by atoms with van der Waals surface area (Å²) in [4.78, 5) is 0. The highest BCUT2D eigenvalue weighted by molar-refractivity contribution is 5.06. The summed E-state index contributed by atoms with van der Waals surface area (Å²) >= 11 is 0. The maximum atomic E-state index is 4.27. The second-order valence-electron chi connectivity index (χ2n) is 8.22. The van der Waals surface area contributed by atoms with Crippen molar-refractivity contribution in [1.82, 2.24) is 10.6 Å². The molecule has 0 fully saturated rings. The van der Waals surface area contributed by atoms with Crippen LogP contribution < -0.4 is 10.6 Å². The first-order chi connectivity index (χ1) is 13.3. The molecule has 2 heteroatoms. The largest absolute Gasteiger partial charge is 0.316 e. The van der Waals surface area contributed by atoms with E-state index in [9.17, 15) is 0 Å². The molecule has 0 aromatic rings. The Labute approximate surface area is 179 Å². The molecule has 0 aliphatic rings. The smallest absolute Gasteiger partial charge is 0.0132 e. The summed E-state index contributed by atoms with van der Waals surface area (Å²) in [5, 5.41) is 6.40. The molecular formula is C26H54N2. The molecule has 0 aliphatic carbocycles. The Balaban J connectivity index is -0.000000479. The third-order valence-corrected chi connectivity index (χ3v) is 4.33. The van der Waals surface area contributed by atoms with E-state index in [1.54, 1.807) is 0 Å².